The van der Waals surface area contributed by atoms with Crippen LogP contribution in [0.5, 0.6) is 5.75 Å². The molecule has 110 valence electrons. The molecular weight excluding hydrogens is 274 g/mol. The van der Waals surface area contributed by atoms with Crippen molar-refractivity contribution in [2.75, 3.05) is 13.7 Å². The molecule has 2 aromatic rings. The number of carboxylic acids is 1. The molecule has 0 fully saturated rings. The van der Waals surface area contributed by atoms with Crippen molar-refractivity contribution in [1.29, 1.82) is 0 Å². The van der Waals surface area contributed by atoms with E-state index >= 15 is 0 Å². The molecular formula is C15H15NO5. The van der Waals surface area contributed by atoms with Crippen LogP contribution in [0.1, 0.15) is 10.4 Å². The summed E-state index contributed by atoms with van der Waals surface area (Å²) >= 11 is 0. The lowest BCUT2D eigenvalue weighted by Crippen LogP contribution is -2.43. The number of hydrogen-bond donors (Lipinski definition) is 3. The highest BCUT2D eigenvalue weighted by molar-refractivity contribution is 6.10. The molecule has 0 spiro atoms. The Kier molecular flexibility index (Phi) is 4.39. The molecule has 1 atom stereocenters. The number of benzene rings is 2. The van der Waals surface area contributed by atoms with Gasteiger partial charge in [0, 0.05) is 0 Å². The standard InChI is InChI=1S/C15H15NO5/c1-21-12-7-6-9-4-2-3-5-10(9)13(12)14(18)16-11(8-17)15(19)20/h2-7,11,17H,8H2,1H3,(H,16,18)(H,19,20)/t11-/m0/s1. The fourth-order valence-corrected chi connectivity index (χ4v) is 2.07. The number of fused-ring (bicyclic) bond motifs is 1. The van der Waals surface area contributed by atoms with Crippen molar-refractivity contribution in [3.8, 4) is 5.75 Å². The van der Waals surface area contributed by atoms with Gasteiger partial charge in [0.1, 0.15) is 5.75 Å². The van der Waals surface area contributed by atoms with Gasteiger partial charge >= 0.3 is 5.97 Å². The first-order chi connectivity index (χ1) is 10.1. The third-order valence-corrected chi connectivity index (χ3v) is 3.12. The summed E-state index contributed by atoms with van der Waals surface area (Å²) in [5, 5.41) is 21.7. The van der Waals surface area contributed by atoms with Crippen LogP contribution in [0, 0.1) is 0 Å². The van der Waals surface area contributed by atoms with Gasteiger partial charge in [0.25, 0.3) is 5.91 Å². The summed E-state index contributed by atoms with van der Waals surface area (Å²) in [6, 6.07) is 9.30. The third kappa shape index (κ3) is 2.95. The van der Waals surface area contributed by atoms with Gasteiger partial charge in [-0.15, -0.1) is 0 Å². The number of amides is 1. The van der Waals surface area contributed by atoms with Gasteiger partial charge in [-0.2, -0.15) is 0 Å². The first-order valence-electron chi connectivity index (χ1n) is 6.28. The van der Waals surface area contributed by atoms with E-state index in [-0.39, 0.29) is 5.56 Å². The van der Waals surface area contributed by atoms with Gasteiger partial charge in [-0.05, 0) is 16.8 Å². The molecule has 0 unspecified atom stereocenters. The predicted octanol–water partition coefficient (Wildman–Crippen LogP) is 1.02. The zero-order valence-electron chi connectivity index (χ0n) is 11.4. The van der Waals surface area contributed by atoms with E-state index in [0.29, 0.717) is 11.1 Å². The Bertz CT molecular complexity index is 683. The van der Waals surface area contributed by atoms with Crippen molar-refractivity contribution in [3.63, 3.8) is 0 Å². The molecule has 2 rings (SSSR count). The molecule has 6 heteroatoms. The second-order valence-corrected chi connectivity index (χ2v) is 4.41. The summed E-state index contributed by atoms with van der Waals surface area (Å²) in [6.07, 6.45) is 0. The number of rotatable bonds is 5. The number of hydrogen-bond acceptors (Lipinski definition) is 4. The molecule has 0 bridgehead atoms. The summed E-state index contributed by atoms with van der Waals surface area (Å²) in [5.74, 6) is -1.57. The normalized spacial score (nSPS) is 11.9. The Balaban J connectivity index is 2.48. The van der Waals surface area contributed by atoms with Crippen LogP contribution in [-0.2, 0) is 4.79 Å². The van der Waals surface area contributed by atoms with Crippen LogP contribution in [0.15, 0.2) is 36.4 Å². The zero-order valence-corrected chi connectivity index (χ0v) is 11.4. The smallest absolute Gasteiger partial charge is 0.328 e. The highest BCUT2D eigenvalue weighted by atomic mass is 16.5. The molecule has 0 aromatic heterocycles. The van der Waals surface area contributed by atoms with E-state index in [4.69, 9.17) is 14.9 Å². The van der Waals surface area contributed by atoms with Gasteiger partial charge in [0.2, 0.25) is 0 Å². The first-order valence-corrected chi connectivity index (χ1v) is 6.28. The van der Waals surface area contributed by atoms with Crippen LogP contribution in [-0.4, -0.2) is 41.8 Å². The lowest BCUT2D eigenvalue weighted by atomic mass is 10.0. The Hall–Kier alpha value is -2.60. The number of carbonyl (C=O) groups is 2. The fourth-order valence-electron chi connectivity index (χ4n) is 2.07. The maximum Gasteiger partial charge on any atom is 0.328 e. The molecule has 0 saturated heterocycles. The molecule has 1 amide bonds. The van der Waals surface area contributed by atoms with Crippen molar-refractivity contribution in [1.82, 2.24) is 5.32 Å². The Morgan fingerprint density at radius 2 is 1.95 bits per heavy atom. The number of carboxylic acid groups (broad SMARTS) is 1. The van der Waals surface area contributed by atoms with Crippen LogP contribution in [0.2, 0.25) is 0 Å². The van der Waals surface area contributed by atoms with Crippen LogP contribution in [0.4, 0.5) is 0 Å². The summed E-state index contributed by atoms with van der Waals surface area (Å²) in [7, 11) is 1.43. The highest BCUT2D eigenvalue weighted by Gasteiger charge is 2.23. The van der Waals surface area contributed by atoms with Gasteiger partial charge in [0.15, 0.2) is 6.04 Å². The van der Waals surface area contributed by atoms with Crippen LogP contribution in [0.3, 0.4) is 0 Å². The quantitative estimate of drug-likeness (QED) is 0.764. The molecule has 2 aromatic carbocycles. The van der Waals surface area contributed by atoms with Crippen LogP contribution < -0.4 is 10.1 Å². The predicted molar refractivity (Wildman–Crippen MR) is 76.5 cm³/mol. The van der Waals surface area contributed by atoms with E-state index in [0.717, 1.165) is 5.39 Å². The van der Waals surface area contributed by atoms with E-state index in [9.17, 15) is 9.59 Å². The first kappa shape index (κ1) is 14.8. The zero-order chi connectivity index (χ0) is 15.4. The van der Waals surface area contributed by atoms with E-state index in [1.807, 2.05) is 18.2 Å². The van der Waals surface area contributed by atoms with Crippen molar-refractivity contribution in [2.45, 2.75) is 6.04 Å². The molecule has 0 aliphatic carbocycles. The molecule has 0 radical (unpaired) electrons. The largest absolute Gasteiger partial charge is 0.496 e. The maximum atomic E-state index is 12.3. The number of aliphatic hydroxyl groups excluding tert-OH is 1. The summed E-state index contributed by atoms with van der Waals surface area (Å²) in [6.45, 7) is -0.686. The third-order valence-electron chi connectivity index (χ3n) is 3.12. The fraction of sp³-hybridized carbons (Fsp3) is 0.200. The number of aliphatic hydroxyl groups is 1. The average Bonchev–Trinajstić information content (AvgIpc) is 2.50. The van der Waals surface area contributed by atoms with Gasteiger partial charge in [0.05, 0.1) is 19.3 Å². The molecule has 0 aliphatic rings. The van der Waals surface area contributed by atoms with Crippen LogP contribution in [0.25, 0.3) is 10.8 Å². The molecule has 0 saturated carbocycles. The van der Waals surface area contributed by atoms with Crippen molar-refractivity contribution >= 4 is 22.6 Å². The van der Waals surface area contributed by atoms with E-state index < -0.39 is 24.5 Å². The summed E-state index contributed by atoms with van der Waals surface area (Å²) < 4.78 is 5.18. The number of nitrogens with one attached hydrogen (secondary N) is 1. The van der Waals surface area contributed by atoms with E-state index in [2.05, 4.69) is 5.32 Å². The molecule has 0 heterocycles. The van der Waals surface area contributed by atoms with E-state index in [1.165, 1.54) is 7.11 Å². The minimum Gasteiger partial charge on any atom is -0.496 e. The van der Waals surface area contributed by atoms with Gasteiger partial charge < -0.3 is 20.3 Å². The molecule has 6 nitrogen and oxygen atoms in total. The summed E-state index contributed by atoms with van der Waals surface area (Å²) in [5.41, 5.74) is 0.246. The van der Waals surface area contributed by atoms with Gasteiger partial charge in [-0.3, -0.25) is 4.79 Å². The van der Waals surface area contributed by atoms with Crippen molar-refractivity contribution in [2.24, 2.45) is 0 Å². The number of carbonyl (C=O) groups excluding carboxylic acids is 1. The Labute approximate surface area is 121 Å². The molecule has 21 heavy (non-hydrogen) atoms. The lowest BCUT2D eigenvalue weighted by Gasteiger charge is -2.15. The lowest BCUT2D eigenvalue weighted by molar-refractivity contribution is -0.140. The monoisotopic (exact) mass is 289 g/mol. The molecule has 0 aliphatic heterocycles. The van der Waals surface area contributed by atoms with Crippen molar-refractivity contribution < 1.29 is 24.5 Å². The number of aliphatic carboxylic acids is 1. The van der Waals surface area contributed by atoms with Crippen molar-refractivity contribution in [3.05, 3.63) is 42.0 Å². The number of ether oxygens (including phenoxy) is 1. The SMILES string of the molecule is COc1ccc2ccccc2c1C(=O)N[C@@H](CO)C(=O)O. The molecule has 3 N–H and O–H groups in total. The Morgan fingerprint density at radius 3 is 2.57 bits per heavy atom. The summed E-state index contributed by atoms with van der Waals surface area (Å²) in [4.78, 5) is 23.3. The Morgan fingerprint density at radius 1 is 1.24 bits per heavy atom. The number of methoxy groups -OCH3 is 1. The van der Waals surface area contributed by atoms with Crippen LogP contribution >= 0.6 is 0 Å². The second-order valence-electron chi connectivity index (χ2n) is 4.41. The van der Waals surface area contributed by atoms with Gasteiger partial charge in [-0.25, -0.2) is 4.79 Å². The van der Waals surface area contributed by atoms with E-state index in [1.54, 1.807) is 18.2 Å². The van der Waals surface area contributed by atoms with Gasteiger partial charge in [-0.1, -0.05) is 30.3 Å². The minimum atomic E-state index is -1.36. The minimum absolute atomic E-state index is 0.246. The topological polar surface area (TPSA) is 95.9 Å². The second kappa shape index (κ2) is 6.23. The maximum absolute atomic E-state index is 12.3. The highest BCUT2D eigenvalue weighted by Crippen LogP contribution is 2.27. The average molecular weight is 289 g/mol.